The lowest BCUT2D eigenvalue weighted by molar-refractivity contribution is -0.122. The summed E-state index contributed by atoms with van der Waals surface area (Å²) in [6.07, 6.45) is 5.60. The van der Waals surface area contributed by atoms with Crippen LogP contribution in [-0.4, -0.2) is 25.0 Å². The molecule has 3 heteroatoms. The monoisotopic (exact) mass is 210 g/mol. The van der Waals surface area contributed by atoms with Crippen LogP contribution in [0.15, 0.2) is 0 Å². The minimum absolute atomic E-state index is 0.266. The second kappa shape index (κ2) is 4.97. The predicted molar refractivity (Wildman–Crippen MR) is 60.5 cm³/mol. The number of hydrogen-bond donors (Lipinski definition) is 2. The first kappa shape index (κ1) is 10.9. The molecular weight excluding hydrogens is 188 g/mol. The van der Waals surface area contributed by atoms with Crippen molar-refractivity contribution in [2.75, 3.05) is 13.1 Å². The second-order valence-corrected chi connectivity index (χ2v) is 5.15. The largest absolute Gasteiger partial charge is 0.353 e. The van der Waals surface area contributed by atoms with E-state index in [-0.39, 0.29) is 5.91 Å². The van der Waals surface area contributed by atoms with Gasteiger partial charge in [-0.15, -0.1) is 0 Å². The number of nitrogens with one attached hydrogen (secondary N) is 2. The maximum Gasteiger partial charge on any atom is 0.220 e. The van der Waals surface area contributed by atoms with Gasteiger partial charge in [-0.05, 0) is 44.2 Å². The molecule has 1 heterocycles. The molecular formula is C12H22N2O. The van der Waals surface area contributed by atoms with Crippen molar-refractivity contribution >= 4 is 5.91 Å². The van der Waals surface area contributed by atoms with E-state index in [0.29, 0.717) is 17.9 Å². The van der Waals surface area contributed by atoms with Gasteiger partial charge in [0, 0.05) is 12.5 Å². The Morgan fingerprint density at radius 2 is 2.27 bits per heavy atom. The summed E-state index contributed by atoms with van der Waals surface area (Å²) in [4.78, 5) is 11.8. The summed E-state index contributed by atoms with van der Waals surface area (Å²) in [7, 11) is 0. The zero-order valence-corrected chi connectivity index (χ0v) is 9.59. The molecule has 1 amide bonds. The van der Waals surface area contributed by atoms with Crippen LogP contribution >= 0.6 is 0 Å². The summed E-state index contributed by atoms with van der Waals surface area (Å²) in [6, 6.07) is 0.451. The molecule has 2 fully saturated rings. The molecule has 86 valence electrons. The van der Waals surface area contributed by atoms with Crippen LogP contribution in [0.25, 0.3) is 0 Å². The number of hydrogen-bond acceptors (Lipinski definition) is 2. The average Bonchev–Trinajstić information content (AvgIpc) is 2.79. The molecule has 1 aliphatic carbocycles. The summed E-state index contributed by atoms with van der Waals surface area (Å²) in [5.41, 5.74) is 0. The molecule has 0 radical (unpaired) electrons. The minimum Gasteiger partial charge on any atom is -0.353 e. The Kier molecular flexibility index (Phi) is 3.62. The third kappa shape index (κ3) is 2.94. The molecule has 1 saturated heterocycles. The highest BCUT2D eigenvalue weighted by molar-refractivity contribution is 5.76. The van der Waals surface area contributed by atoms with E-state index < -0.39 is 0 Å². The molecule has 2 aliphatic rings. The lowest BCUT2D eigenvalue weighted by Gasteiger charge is -2.18. The highest BCUT2D eigenvalue weighted by atomic mass is 16.1. The van der Waals surface area contributed by atoms with Gasteiger partial charge in [0.05, 0.1) is 0 Å². The summed E-state index contributed by atoms with van der Waals surface area (Å²) < 4.78 is 0. The van der Waals surface area contributed by atoms with E-state index in [2.05, 4.69) is 17.6 Å². The van der Waals surface area contributed by atoms with Gasteiger partial charge in [-0.25, -0.2) is 0 Å². The van der Waals surface area contributed by atoms with Gasteiger partial charge in [0.1, 0.15) is 0 Å². The van der Waals surface area contributed by atoms with Crippen LogP contribution < -0.4 is 10.6 Å². The molecule has 0 bridgehead atoms. The van der Waals surface area contributed by atoms with Crippen molar-refractivity contribution in [3.8, 4) is 0 Å². The van der Waals surface area contributed by atoms with Crippen molar-refractivity contribution in [1.82, 2.24) is 10.6 Å². The van der Waals surface area contributed by atoms with Crippen LogP contribution in [0.1, 0.15) is 39.0 Å². The van der Waals surface area contributed by atoms with E-state index in [1.807, 2.05) is 0 Å². The minimum atomic E-state index is 0.266. The first-order valence-electron chi connectivity index (χ1n) is 6.26. The zero-order valence-electron chi connectivity index (χ0n) is 9.59. The summed E-state index contributed by atoms with van der Waals surface area (Å²) in [5, 5.41) is 6.49. The average molecular weight is 210 g/mol. The topological polar surface area (TPSA) is 41.1 Å². The SMILES string of the molecule is CC1CCCC1NC(=O)CC1CCNC1. The molecule has 0 aromatic rings. The van der Waals surface area contributed by atoms with Gasteiger partial charge in [-0.1, -0.05) is 13.3 Å². The quantitative estimate of drug-likeness (QED) is 0.737. The fraction of sp³-hybridized carbons (Fsp3) is 0.917. The summed E-state index contributed by atoms with van der Waals surface area (Å²) >= 11 is 0. The Morgan fingerprint density at radius 1 is 1.40 bits per heavy atom. The van der Waals surface area contributed by atoms with Crippen LogP contribution in [0.5, 0.6) is 0 Å². The normalized spacial score (nSPS) is 35.7. The Morgan fingerprint density at radius 3 is 2.87 bits per heavy atom. The molecule has 2 rings (SSSR count). The van der Waals surface area contributed by atoms with Crippen LogP contribution in [0, 0.1) is 11.8 Å². The Labute approximate surface area is 92.0 Å². The van der Waals surface area contributed by atoms with Crippen LogP contribution in [-0.2, 0) is 4.79 Å². The fourth-order valence-electron chi connectivity index (χ4n) is 2.78. The van der Waals surface area contributed by atoms with Gasteiger partial charge in [-0.3, -0.25) is 4.79 Å². The van der Waals surface area contributed by atoms with E-state index in [0.717, 1.165) is 25.9 Å². The predicted octanol–water partition coefficient (Wildman–Crippen LogP) is 1.29. The van der Waals surface area contributed by atoms with Gasteiger partial charge in [0.2, 0.25) is 5.91 Å². The Balaban J connectivity index is 1.71. The van der Waals surface area contributed by atoms with Crippen molar-refractivity contribution in [2.45, 2.75) is 45.1 Å². The molecule has 15 heavy (non-hydrogen) atoms. The molecule has 2 N–H and O–H groups in total. The standard InChI is InChI=1S/C12H22N2O/c1-9-3-2-4-11(9)14-12(15)7-10-5-6-13-8-10/h9-11,13H,2-8H2,1H3,(H,14,15). The molecule has 3 unspecified atom stereocenters. The van der Waals surface area contributed by atoms with Gasteiger partial charge < -0.3 is 10.6 Å². The van der Waals surface area contributed by atoms with Gasteiger partial charge in [-0.2, -0.15) is 0 Å². The number of carbonyl (C=O) groups excluding carboxylic acids is 1. The number of amides is 1. The van der Waals surface area contributed by atoms with Crippen molar-refractivity contribution in [2.24, 2.45) is 11.8 Å². The first-order chi connectivity index (χ1) is 7.25. The molecule has 0 aromatic heterocycles. The van der Waals surface area contributed by atoms with Crippen LogP contribution in [0.2, 0.25) is 0 Å². The van der Waals surface area contributed by atoms with E-state index >= 15 is 0 Å². The van der Waals surface area contributed by atoms with Crippen LogP contribution in [0.3, 0.4) is 0 Å². The smallest absolute Gasteiger partial charge is 0.220 e. The Hall–Kier alpha value is -0.570. The van der Waals surface area contributed by atoms with E-state index in [9.17, 15) is 4.79 Å². The molecule has 0 spiro atoms. The molecule has 1 saturated carbocycles. The maximum atomic E-state index is 11.8. The van der Waals surface area contributed by atoms with E-state index in [4.69, 9.17) is 0 Å². The molecule has 3 atom stereocenters. The lowest BCUT2D eigenvalue weighted by Crippen LogP contribution is -2.37. The first-order valence-corrected chi connectivity index (χ1v) is 6.26. The highest BCUT2D eigenvalue weighted by Crippen LogP contribution is 2.25. The van der Waals surface area contributed by atoms with E-state index in [1.54, 1.807) is 0 Å². The van der Waals surface area contributed by atoms with Crippen molar-refractivity contribution < 1.29 is 4.79 Å². The van der Waals surface area contributed by atoms with Gasteiger partial charge >= 0.3 is 0 Å². The lowest BCUT2D eigenvalue weighted by atomic mass is 10.0. The van der Waals surface area contributed by atoms with Gasteiger partial charge in [0.25, 0.3) is 0 Å². The second-order valence-electron chi connectivity index (χ2n) is 5.15. The molecule has 1 aliphatic heterocycles. The van der Waals surface area contributed by atoms with Crippen molar-refractivity contribution in [3.63, 3.8) is 0 Å². The fourth-order valence-corrected chi connectivity index (χ4v) is 2.78. The number of carbonyl (C=O) groups is 1. The Bertz CT molecular complexity index is 224. The molecule has 3 nitrogen and oxygen atoms in total. The highest BCUT2D eigenvalue weighted by Gasteiger charge is 2.26. The summed E-state index contributed by atoms with van der Waals surface area (Å²) in [5.74, 6) is 1.51. The summed E-state index contributed by atoms with van der Waals surface area (Å²) in [6.45, 7) is 4.35. The van der Waals surface area contributed by atoms with E-state index in [1.165, 1.54) is 19.3 Å². The molecule has 0 aromatic carbocycles. The third-order valence-corrected chi connectivity index (χ3v) is 3.84. The third-order valence-electron chi connectivity index (χ3n) is 3.84. The van der Waals surface area contributed by atoms with Crippen molar-refractivity contribution in [1.29, 1.82) is 0 Å². The van der Waals surface area contributed by atoms with Gasteiger partial charge in [0.15, 0.2) is 0 Å². The number of rotatable bonds is 3. The maximum absolute atomic E-state index is 11.8. The van der Waals surface area contributed by atoms with Crippen LogP contribution in [0.4, 0.5) is 0 Å². The zero-order chi connectivity index (χ0) is 10.7. The van der Waals surface area contributed by atoms with Crippen molar-refractivity contribution in [3.05, 3.63) is 0 Å².